The molecule has 1 unspecified atom stereocenters. The van der Waals surface area contributed by atoms with Crippen LogP contribution < -0.4 is 5.32 Å². The molecule has 0 aromatic heterocycles. The first-order chi connectivity index (χ1) is 10.2. The summed E-state index contributed by atoms with van der Waals surface area (Å²) < 4.78 is 1.16. The minimum atomic E-state index is 0.304. The lowest BCUT2D eigenvalue weighted by Gasteiger charge is -2.48. The van der Waals surface area contributed by atoms with Crippen molar-refractivity contribution in [1.82, 2.24) is 5.32 Å². The van der Waals surface area contributed by atoms with Gasteiger partial charge in [-0.1, -0.05) is 64.8 Å². The molecule has 1 nitrogen and oxygen atoms in total. The maximum absolute atomic E-state index is 3.60. The third kappa shape index (κ3) is 2.93. The van der Waals surface area contributed by atoms with Crippen LogP contribution in [0.5, 0.6) is 0 Å². The summed E-state index contributed by atoms with van der Waals surface area (Å²) in [6.45, 7) is 0. The van der Waals surface area contributed by atoms with Gasteiger partial charge in [0, 0.05) is 15.9 Å². The Kier molecular flexibility index (Phi) is 4.46. The molecule has 0 saturated heterocycles. The van der Waals surface area contributed by atoms with Crippen molar-refractivity contribution in [3.8, 4) is 0 Å². The Balaban J connectivity index is 1.87. The van der Waals surface area contributed by atoms with Gasteiger partial charge in [0.25, 0.3) is 0 Å². The minimum absolute atomic E-state index is 0.304. The second-order valence-electron chi connectivity index (χ2n) is 6.05. The lowest BCUT2D eigenvalue weighted by atomic mass is 9.59. The molecule has 1 saturated carbocycles. The standard InChI is InChI=1S/C19H22BrN/c1-21-18(14-15-7-5-10-17(20)13-15)19(11-6-12-19)16-8-3-2-4-9-16/h2-5,7-10,13,18,21H,6,11-12,14H2,1H3. The fourth-order valence-corrected chi connectivity index (χ4v) is 4.09. The quantitative estimate of drug-likeness (QED) is 0.829. The van der Waals surface area contributed by atoms with Crippen molar-refractivity contribution < 1.29 is 0 Å². The number of benzene rings is 2. The van der Waals surface area contributed by atoms with Crippen molar-refractivity contribution >= 4 is 15.9 Å². The Morgan fingerprint density at radius 3 is 2.43 bits per heavy atom. The summed E-state index contributed by atoms with van der Waals surface area (Å²) in [5.41, 5.74) is 3.19. The van der Waals surface area contributed by atoms with E-state index >= 15 is 0 Å². The van der Waals surface area contributed by atoms with Crippen molar-refractivity contribution in [3.63, 3.8) is 0 Å². The number of likely N-dealkylation sites (N-methyl/N-ethyl adjacent to an activating group) is 1. The van der Waals surface area contributed by atoms with Gasteiger partial charge in [-0.25, -0.2) is 0 Å². The Hall–Kier alpha value is -1.12. The van der Waals surface area contributed by atoms with E-state index in [0.29, 0.717) is 11.5 Å². The Morgan fingerprint density at radius 2 is 1.86 bits per heavy atom. The van der Waals surface area contributed by atoms with E-state index < -0.39 is 0 Å². The predicted molar refractivity (Wildman–Crippen MR) is 92.7 cm³/mol. The summed E-state index contributed by atoms with van der Waals surface area (Å²) in [6.07, 6.45) is 4.99. The molecular weight excluding hydrogens is 322 g/mol. The zero-order valence-corrected chi connectivity index (χ0v) is 14.1. The second kappa shape index (κ2) is 6.33. The summed E-state index contributed by atoms with van der Waals surface area (Å²) in [5.74, 6) is 0. The highest BCUT2D eigenvalue weighted by atomic mass is 79.9. The molecule has 0 aliphatic heterocycles. The van der Waals surface area contributed by atoms with E-state index in [1.54, 1.807) is 0 Å². The molecule has 1 N–H and O–H groups in total. The summed E-state index contributed by atoms with van der Waals surface area (Å²) in [5, 5.41) is 3.60. The maximum atomic E-state index is 3.60. The van der Waals surface area contributed by atoms with Crippen LogP contribution in [0.1, 0.15) is 30.4 Å². The minimum Gasteiger partial charge on any atom is -0.316 e. The van der Waals surface area contributed by atoms with Crippen molar-refractivity contribution in [2.75, 3.05) is 7.05 Å². The number of nitrogens with one attached hydrogen (secondary N) is 1. The first kappa shape index (κ1) is 14.8. The Morgan fingerprint density at radius 1 is 1.10 bits per heavy atom. The van der Waals surface area contributed by atoms with E-state index in [2.05, 4.69) is 82.9 Å². The first-order valence-electron chi connectivity index (χ1n) is 7.72. The van der Waals surface area contributed by atoms with Gasteiger partial charge in [-0.2, -0.15) is 0 Å². The van der Waals surface area contributed by atoms with Gasteiger partial charge >= 0.3 is 0 Å². The molecule has 1 atom stereocenters. The molecule has 3 rings (SSSR count). The predicted octanol–water partition coefficient (Wildman–Crippen LogP) is 4.70. The molecule has 0 radical (unpaired) electrons. The smallest absolute Gasteiger partial charge is 0.0201 e. The van der Waals surface area contributed by atoms with Gasteiger partial charge in [0.05, 0.1) is 0 Å². The van der Waals surface area contributed by atoms with Gasteiger partial charge in [0.15, 0.2) is 0 Å². The highest BCUT2D eigenvalue weighted by Crippen LogP contribution is 2.47. The van der Waals surface area contributed by atoms with Gasteiger partial charge in [-0.15, -0.1) is 0 Å². The number of hydrogen-bond acceptors (Lipinski definition) is 1. The normalized spacial score (nSPS) is 18.0. The van der Waals surface area contributed by atoms with Crippen LogP contribution in [-0.2, 0) is 11.8 Å². The number of halogens is 1. The summed E-state index contributed by atoms with van der Waals surface area (Å²) >= 11 is 3.58. The van der Waals surface area contributed by atoms with E-state index in [0.717, 1.165) is 10.9 Å². The fraction of sp³-hybridized carbons (Fsp3) is 0.368. The molecule has 2 aromatic rings. The second-order valence-corrected chi connectivity index (χ2v) is 6.97. The van der Waals surface area contributed by atoms with Crippen molar-refractivity contribution in [1.29, 1.82) is 0 Å². The number of rotatable bonds is 5. The zero-order valence-electron chi connectivity index (χ0n) is 12.5. The van der Waals surface area contributed by atoms with Gasteiger partial charge < -0.3 is 5.32 Å². The molecule has 21 heavy (non-hydrogen) atoms. The van der Waals surface area contributed by atoms with Gasteiger partial charge in [0.1, 0.15) is 0 Å². The van der Waals surface area contributed by atoms with E-state index in [-0.39, 0.29) is 0 Å². The van der Waals surface area contributed by atoms with E-state index in [9.17, 15) is 0 Å². The molecule has 1 aliphatic rings. The third-order valence-electron chi connectivity index (χ3n) is 4.94. The molecule has 1 fully saturated rings. The van der Waals surface area contributed by atoms with Crippen molar-refractivity contribution in [2.45, 2.75) is 37.1 Å². The monoisotopic (exact) mass is 343 g/mol. The summed E-state index contributed by atoms with van der Waals surface area (Å²) in [4.78, 5) is 0. The largest absolute Gasteiger partial charge is 0.316 e. The van der Waals surface area contributed by atoms with E-state index in [1.807, 2.05) is 0 Å². The van der Waals surface area contributed by atoms with E-state index in [1.165, 1.54) is 30.4 Å². The van der Waals surface area contributed by atoms with Gasteiger partial charge in [0.2, 0.25) is 0 Å². The molecule has 110 valence electrons. The van der Waals surface area contributed by atoms with Gasteiger partial charge in [-0.3, -0.25) is 0 Å². The van der Waals surface area contributed by atoms with Crippen LogP contribution in [0.2, 0.25) is 0 Å². The van der Waals surface area contributed by atoms with Crippen LogP contribution in [0.15, 0.2) is 59.1 Å². The molecule has 2 aromatic carbocycles. The van der Waals surface area contributed by atoms with Crippen molar-refractivity contribution in [2.24, 2.45) is 0 Å². The lowest BCUT2D eigenvalue weighted by molar-refractivity contribution is 0.174. The number of hydrogen-bond donors (Lipinski definition) is 1. The molecule has 2 heteroatoms. The fourth-order valence-electron chi connectivity index (χ4n) is 3.64. The summed E-state index contributed by atoms with van der Waals surface area (Å²) in [7, 11) is 2.10. The SMILES string of the molecule is CNC(Cc1cccc(Br)c1)C1(c2ccccc2)CCC1. The Labute approximate surface area is 135 Å². The molecule has 1 aliphatic carbocycles. The highest BCUT2D eigenvalue weighted by Gasteiger charge is 2.44. The zero-order chi connectivity index (χ0) is 14.7. The topological polar surface area (TPSA) is 12.0 Å². The molecule has 0 heterocycles. The summed E-state index contributed by atoms with van der Waals surface area (Å²) in [6, 6.07) is 20.2. The maximum Gasteiger partial charge on any atom is 0.0201 e. The molecule has 0 spiro atoms. The van der Waals surface area contributed by atoms with Crippen LogP contribution >= 0.6 is 15.9 Å². The molecular formula is C19H22BrN. The van der Waals surface area contributed by atoms with Crippen LogP contribution in [0.3, 0.4) is 0 Å². The lowest BCUT2D eigenvalue weighted by Crippen LogP contribution is -2.52. The van der Waals surface area contributed by atoms with Crippen LogP contribution in [-0.4, -0.2) is 13.1 Å². The molecule has 0 bridgehead atoms. The van der Waals surface area contributed by atoms with Crippen LogP contribution in [0, 0.1) is 0 Å². The molecule has 0 amide bonds. The highest BCUT2D eigenvalue weighted by molar-refractivity contribution is 9.10. The Bertz CT molecular complexity index is 590. The van der Waals surface area contributed by atoms with Crippen LogP contribution in [0.25, 0.3) is 0 Å². The van der Waals surface area contributed by atoms with Crippen molar-refractivity contribution in [3.05, 3.63) is 70.2 Å². The van der Waals surface area contributed by atoms with Crippen LogP contribution in [0.4, 0.5) is 0 Å². The first-order valence-corrected chi connectivity index (χ1v) is 8.51. The average Bonchev–Trinajstić information content (AvgIpc) is 2.46. The van der Waals surface area contributed by atoms with Gasteiger partial charge in [-0.05, 0) is 49.6 Å². The average molecular weight is 344 g/mol. The van der Waals surface area contributed by atoms with E-state index in [4.69, 9.17) is 0 Å². The third-order valence-corrected chi connectivity index (χ3v) is 5.43.